The normalized spacial score (nSPS) is 12.2. The van der Waals surface area contributed by atoms with Crippen molar-refractivity contribution in [1.29, 1.82) is 0 Å². The molecule has 3 rings (SSSR count). The minimum atomic E-state index is -0.667. The zero-order valence-corrected chi connectivity index (χ0v) is 15.4. The fraction of sp³-hybridized carbons (Fsp3) is 0.0625. The number of nitrogens with zero attached hydrogens (tertiary/aromatic N) is 2. The van der Waals surface area contributed by atoms with Gasteiger partial charge in [0.1, 0.15) is 6.20 Å². The molecule has 1 N–H and O–H groups in total. The molecule has 0 fully saturated rings. The topological polar surface area (TPSA) is 67.8 Å². The highest BCUT2D eigenvalue weighted by molar-refractivity contribution is 6.36. The second-order valence-corrected chi connectivity index (χ2v) is 6.77. The first kappa shape index (κ1) is 18.0. The monoisotopic (exact) mass is 415 g/mol. The van der Waals surface area contributed by atoms with E-state index < -0.39 is 16.6 Å². The van der Waals surface area contributed by atoms with Crippen molar-refractivity contribution in [2.45, 2.75) is 5.38 Å². The van der Waals surface area contributed by atoms with E-state index >= 15 is 0 Å². The summed E-state index contributed by atoms with van der Waals surface area (Å²) in [5, 5.41) is 4.42. The number of rotatable bonds is 3. The molecule has 0 aliphatic rings. The molecule has 0 aliphatic carbocycles. The van der Waals surface area contributed by atoms with Crippen LogP contribution in [0.25, 0.3) is 5.69 Å². The molecule has 25 heavy (non-hydrogen) atoms. The molecule has 3 aromatic rings. The van der Waals surface area contributed by atoms with Crippen molar-refractivity contribution in [3.63, 3.8) is 0 Å². The maximum Gasteiger partial charge on any atom is 0.349 e. The number of H-pyrrole nitrogens is 1. The van der Waals surface area contributed by atoms with Gasteiger partial charge in [-0.1, -0.05) is 46.9 Å². The Kier molecular flexibility index (Phi) is 5.20. The Hall–Kier alpha value is -1.79. The first-order valence-corrected chi connectivity index (χ1v) is 8.51. The summed E-state index contributed by atoms with van der Waals surface area (Å²) in [6, 6.07) is 9.82. The lowest BCUT2D eigenvalue weighted by Crippen LogP contribution is -2.30. The first-order chi connectivity index (χ1) is 11.9. The Morgan fingerprint density at radius 3 is 2.20 bits per heavy atom. The van der Waals surface area contributed by atoms with Gasteiger partial charge in [-0.05, 0) is 35.4 Å². The largest absolute Gasteiger partial charge is 0.349 e. The van der Waals surface area contributed by atoms with Crippen molar-refractivity contribution in [3.05, 3.63) is 89.6 Å². The summed E-state index contributed by atoms with van der Waals surface area (Å²) in [6.07, 6.45) is 1.00. The van der Waals surface area contributed by atoms with Gasteiger partial charge < -0.3 is 0 Å². The maximum atomic E-state index is 11.8. The molecular weight excluding hydrogens is 408 g/mol. The van der Waals surface area contributed by atoms with Crippen molar-refractivity contribution in [1.82, 2.24) is 14.8 Å². The molecule has 128 valence electrons. The van der Waals surface area contributed by atoms with Crippen molar-refractivity contribution < 1.29 is 0 Å². The quantitative estimate of drug-likeness (QED) is 0.650. The first-order valence-electron chi connectivity index (χ1n) is 6.94. The summed E-state index contributed by atoms with van der Waals surface area (Å²) < 4.78 is 1.02. The third kappa shape index (κ3) is 3.75. The van der Waals surface area contributed by atoms with E-state index in [0.717, 1.165) is 10.9 Å². The summed E-state index contributed by atoms with van der Waals surface area (Å²) in [7, 11) is 0. The summed E-state index contributed by atoms with van der Waals surface area (Å²) >= 11 is 24.9. The summed E-state index contributed by atoms with van der Waals surface area (Å²) in [5.74, 6) is 0. The average molecular weight is 417 g/mol. The highest BCUT2D eigenvalue weighted by Gasteiger charge is 2.18. The van der Waals surface area contributed by atoms with E-state index in [1.54, 1.807) is 30.3 Å². The number of hydrogen-bond acceptors (Lipinski definition) is 3. The molecule has 2 aromatic carbocycles. The Bertz CT molecular complexity index is 1060. The fourth-order valence-corrected chi connectivity index (χ4v) is 3.56. The van der Waals surface area contributed by atoms with Gasteiger partial charge in [-0.2, -0.15) is 9.78 Å². The summed E-state index contributed by atoms with van der Waals surface area (Å²) in [5.41, 5.74) is 0.401. The van der Waals surface area contributed by atoms with Gasteiger partial charge in [0, 0.05) is 15.1 Å². The van der Waals surface area contributed by atoms with Gasteiger partial charge in [-0.3, -0.25) is 9.78 Å². The Labute approximate surface area is 161 Å². The lowest BCUT2D eigenvalue weighted by atomic mass is 10.0. The van der Waals surface area contributed by atoms with Gasteiger partial charge in [0.2, 0.25) is 0 Å². The molecule has 0 spiro atoms. The van der Waals surface area contributed by atoms with Gasteiger partial charge in [0.25, 0.3) is 5.56 Å². The predicted molar refractivity (Wildman–Crippen MR) is 99.6 cm³/mol. The molecule has 9 heteroatoms. The van der Waals surface area contributed by atoms with Crippen LogP contribution in [0.2, 0.25) is 15.1 Å². The van der Waals surface area contributed by atoms with Crippen LogP contribution in [0.1, 0.15) is 16.5 Å². The number of aromatic amines is 1. The highest BCUT2D eigenvalue weighted by atomic mass is 35.5. The third-order valence-corrected chi connectivity index (χ3v) is 4.81. The maximum absolute atomic E-state index is 11.8. The van der Waals surface area contributed by atoms with E-state index in [2.05, 4.69) is 10.1 Å². The van der Waals surface area contributed by atoms with Crippen LogP contribution in [-0.2, 0) is 0 Å². The standard InChI is InChI=1S/C16H9Cl4N3O2/c17-8-1-3-10(12(18)5-8)15(20)11-4-2-9(6-13(11)19)23-16(25)22-14(24)7-21-23/h1-7,15H,(H,22,24,25). The molecule has 1 unspecified atom stereocenters. The molecule has 5 nitrogen and oxygen atoms in total. The molecular formula is C16H9Cl4N3O2. The molecule has 0 saturated carbocycles. The smallest absolute Gasteiger partial charge is 0.271 e. The number of alkyl halides is 1. The molecule has 0 amide bonds. The summed E-state index contributed by atoms with van der Waals surface area (Å²) in [6.45, 7) is 0. The molecule has 0 radical (unpaired) electrons. The molecule has 1 heterocycles. The molecule has 1 aromatic heterocycles. The van der Waals surface area contributed by atoms with Crippen LogP contribution in [0.15, 0.2) is 52.2 Å². The Morgan fingerprint density at radius 2 is 1.60 bits per heavy atom. The van der Waals surface area contributed by atoms with E-state index in [1.807, 2.05) is 0 Å². The predicted octanol–water partition coefficient (Wildman–Crippen LogP) is 4.21. The van der Waals surface area contributed by atoms with Crippen LogP contribution in [-0.4, -0.2) is 14.8 Å². The van der Waals surface area contributed by atoms with E-state index in [1.165, 1.54) is 6.07 Å². The van der Waals surface area contributed by atoms with Gasteiger partial charge >= 0.3 is 5.69 Å². The van der Waals surface area contributed by atoms with Crippen LogP contribution < -0.4 is 11.2 Å². The SMILES string of the molecule is O=c1cnn(-c2ccc(C(Cl)c3ccc(Cl)cc3Cl)c(Cl)c2)c(=O)[nH]1. The lowest BCUT2D eigenvalue weighted by molar-refractivity contribution is 0.749. The Morgan fingerprint density at radius 1 is 0.960 bits per heavy atom. The second-order valence-electron chi connectivity index (χ2n) is 5.08. The van der Waals surface area contributed by atoms with Crippen molar-refractivity contribution >= 4 is 46.4 Å². The van der Waals surface area contributed by atoms with Crippen LogP contribution in [0.5, 0.6) is 0 Å². The van der Waals surface area contributed by atoms with E-state index in [-0.39, 0.29) is 0 Å². The van der Waals surface area contributed by atoms with Gasteiger partial charge in [-0.15, -0.1) is 11.6 Å². The van der Waals surface area contributed by atoms with Gasteiger partial charge in [0.05, 0.1) is 11.1 Å². The van der Waals surface area contributed by atoms with Gasteiger partial charge in [0.15, 0.2) is 0 Å². The molecule has 0 saturated heterocycles. The zero-order chi connectivity index (χ0) is 18.1. The number of nitrogens with one attached hydrogen (secondary N) is 1. The minimum Gasteiger partial charge on any atom is -0.271 e. The lowest BCUT2D eigenvalue weighted by Gasteiger charge is -2.15. The molecule has 0 bridgehead atoms. The second kappa shape index (κ2) is 7.22. The van der Waals surface area contributed by atoms with E-state index in [4.69, 9.17) is 46.4 Å². The minimum absolute atomic E-state index is 0.323. The third-order valence-electron chi connectivity index (χ3n) is 3.45. The fourth-order valence-electron chi connectivity index (χ4n) is 2.27. The van der Waals surface area contributed by atoms with Crippen LogP contribution in [0, 0.1) is 0 Å². The van der Waals surface area contributed by atoms with Crippen LogP contribution in [0.3, 0.4) is 0 Å². The Balaban J connectivity index is 2.02. The van der Waals surface area contributed by atoms with Gasteiger partial charge in [-0.25, -0.2) is 4.79 Å². The summed E-state index contributed by atoms with van der Waals surface area (Å²) in [4.78, 5) is 25.0. The van der Waals surface area contributed by atoms with Crippen molar-refractivity contribution in [2.75, 3.05) is 0 Å². The van der Waals surface area contributed by atoms with E-state index in [0.29, 0.717) is 31.9 Å². The number of halogens is 4. The number of benzene rings is 2. The molecule has 0 aliphatic heterocycles. The van der Waals surface area contributed by atoms with Crippen molar-refractivity contribution in [3.8, 4) is 5.69 Å². The van der Waals surface area contributed by atoms with Crippen molar-refractivity contribution in [2.24, 2.45) is 0 Å². The zero-order valence-electron chi connectivity index (χ0n) is 12.3. The molecule has 1 atom stereocenters. The average Bonchev–Trinajstić information content (AvgIpc) is 2.54. The number of hydrogen-bond donors (Lipinski definition) is 1. The number of aromatic nitrogens is 3. The van der Waals surface area contributed by atoms with Crippen LogP contribution in [0.4, 0.5) is 0 Å². The van der Waals surface area contributed by atoms with Crippen LogP contribution >= 0.6 is 46.4 Å². The highest BCUT2D eigenvalue weighted by Crippen LogP contribution is 2.38. The van der Waals surface area contributed by atoms with E-state index in [9.17, 15) is 9.59 Å².